The van der Waals surface area contributed by atoms with Gasteiger partial charge in [-0.2, -0.15) is 0 Å². The molecule has 0 aliphatic heterocycles. The number of ether oxygens (including phenoxy) is 1. The summed E-state index contributed by atoms with van der Waals surface area (Å²) in [7, 11) is 0. The molecule has 0 atom stereocenters. The van der Waals surface area contributed by atoms with Gasteiger partial charge in [0.1, 0.15) is 18.0 Å². The molecule has 1 N–H and O–H groups in total. The van der Waals surface area contributed by atoms with Crippen LogP contribution in [0.15, 0.2) is 42.5 Å². The number of carboxylic acids is 1. The van der Waals surface area contributed by atoms with Crippen LogP contribution in [0.5, 0.6) is 5.75 Å². The van der Waals surface area contributed by atoms with E-state index in [0.717, 1.165) is 6.07 Å². The number of halogens is 1. The first kappa shape index (κ1) is 14.4. The van der Waals surface area contributed by atoms with E-state index in [1.54, 1.807) is 6.07 Å². The number of hydrogen-bond donors (Lipinski definition) is 1. The molecule has 21 heavy (non-hydrogen) atoms. The molecule has 2 aromatic rings. The van der Waals surface area contributed by atoms with E-state index < -0.39 is 28.0 Å². The number of carboxylic acid groups (broad SMARTS) is 1. The molecule has 0 spiro atoms. The highest BCUT2D eigenvalue weighted by atomic mass is 19.1. The smallest absolute Gasteiger partial charge is 0.342 e. The van der Waals surface area contributed by atoms with Gasteiger partial charge in [0.15, 0.2) is 5.75 Å². The van der Waals surface area contributed by atoms with Crippen LogP contribution in [-0.2, 0) is 6.61 Å². The maximum absolute atomic E-state index is 13.5. The molecule has 108 valence electrons. The van der Waals surface area contributed by atoms with Crippen molar-refractivity contribution in [1.29, 1.82) is 0 Å². The normalized spacial score (nSPS) is 10.1. The van der Waals surface area contributed by atoms with Gasteiger partial charge in [-0.3, -0.25) is 10.1 Å². The van der Waals surface area contributed by atoms with Crippen molar-refractivity contribution in [2.24, 2.45) is 0 Å². The molecular weight excluding hydrogens is 281 g/mol. The van der Waals surface area contributed by atoms with Gasteiger partial charge in [-0.25, -0.2) is 9.18 Å². The number of benzene rings is 2. The third-order valence-electron chi connectivity index (χ3n) is 2.75. The lowest BCUT2D eigenvalue weighted by Crippen LogP contribution is -2.06. The van der Waals surface area contributed by atoms with Crippen molar-refractivity contribution in [2.75, 3.05) is 0 Å². The van der Waals surface area contributed by atoms with Crippen LogP contribution in [0, 0.1) is 15.9 Å². The van der Waals surface area contributed by atoms with Crippen LogP contribution in [0.3, 0.4) is 0 Å². The first-order valence-corrected chi connectivity index (χ1v) is 5.87. The first-order valence-electron chi connectivity index (χ1n) is 5.87. The molecule has 0 unspecified atom stereocenters. The van der Waals surface area contributed by atoms with Crippen LogP contribution in [0.1, 0.15) is 15.9 Å². The van der Waals surface area contributed by atoms with Crippen LogP contribution in [0.25, 0.3) is 0 Å². The fourth-order valence-corrected chi connectivity index (χ4v) is 1.77. The molecule has 0 saturated heterocycles. The minimum atomic E-state index is -1.43. The minimum absolute atomic E-state index is 0.215. The number of para-hydroxylation sites is 1. The standard InChI is InChI=1S/C14H10FNO5/c15-11-6-2-1-4-9(11)8-21-12-7-3-5-10(14(17)18)13(12)16(19)20/h1-7H,8H2,(H,17,18). The maximum Gasteiger partial charge on any atom is 0.342 e. The van der Waals surface area contributed by atoms with Crippen LogP contribution in [0.2, 0.25) is 0 Å². The van der Waals surface area contributed by atoms with Crippen molar-refractivity contribution in [3.8, 4) is 5.75 Å². The Hall–Kier alpha value is -2.96. The second-order valence-electron chi connectivity index (χ2n) is 4.09. The summed E-state index contributed by atoms with van der Waals surface area (Å²) in [6.45, 7) is -0.239. The van der Waals surface area contributed by atoms with E-state index in [2.05, 4.69) is 0 Å². The quantitative estimate of drug-likeness (QED) is 0.675. The van der Waals surface area contributed by atoms with Gasteiger partial charge in [-0.15, -0.1) is 0 Å². The Balaban J connectivity index is 2.32. The van der Waals surface area contributed by atoms with Gasteiger partial charge in [-0.05, 0) is 18.2 Å². The zero-order chi connectivity index (χ0) is 15.4. The molecule has 0 heterocycles. The third kappa shape index (κ3) is 3.14. The lowest BCUT2D eigenvalue weighted by Gasteiger charge is -2.08. The van der Waals surface area contributed by atoms with Crippen LogP contribution >= 0.6 is 0 Å². The summed E-state index contributed by atoms with van der Waals surface area (Å²) in [6.07, 6.45) is 0. The Morgan fingerprint density at radius 3 is 2.57 bits per heavy atom. The maximum atomic E-state index is 13.5. The third-order valence-corrected chi connectivity index (χ3v) is 2.75. The number of carbonyl (C=O) groups is 1. The van der Waals surface area contributed by atoms with Crippen molar-refractivity contribution in [1.82, 2.24) is 0 Å². The fraction of sp³-hybridized carbons (Fsp3) is 0.0714. The highest BCUT2D eigenvalue weighted by Gasteiger charge is 2.25. The van der Waals surface area contributed by atoms with Crippen molar-refractivity contribution >= 4 is 11.7 Å². The molecule has 6 nitrogen and oxygen atoms in total. The van der Waals surface area contributed by atoms with Crippen molar-refractivity contribution < 1.29 is 24.0 Å². The molecule has 2 aromatic carbocycles. The Bertz CT molecular complexity index is 702. The molecule has 0 radical (unpaired) electrons. The molecule has 0 aliphatic carbocycles. The van der Waals surface area contributed by atoms with E-state index in [9.17, 15) is 19.3 Å². The second-order valence-corrected chi connectivity index (χ2v) is 4.09. The zero-order valence-electron chi connectivity index (χ0n) is 10.7. The van der Waals surface area contributed by atoms with Gasteiger partial charge in [0, 0.05) is 5.56 Å². The van der Waals surface area contributed by atoms with Crippen LogP contribution in [-0.4, -0.2) is 16.0 Å². The summed E-state index contributed by atoms with van der Waals surface area (Å²) in [5.74, 6) is -2.16. The summed E-state index contributed by atoms with van der Waals surface area (Å²) >= 11 is 0. The van der Waals surface area contributed by atoms with E-state index in [4.69, 9.17) is 9.84 Å². The number of nitro groups is 1. The SMILES string of the molecule is O=C(O)c1cccc(OCc2ccccc2F)c1[N+](=O)[O-]. The van der Waals surface area contributed by atoms with E-state index in [1.807, 2.05) is 0 Å². The van der Waals surface area contributed by atoms with E-state index in [0.29, 0.717) is 0 Å². The summed E-state index contributed by atoms with van der Waals surface area (Å²) in [5.41, 5.74) is -0.917. The van der Waals surface area contributed by atoms with Gasteiger partial charge >= 0.3 is 11.7 Å². The summed E-state index contributed by atoms with van der Waals surface area (Å²) in [4.78, 5) is 21.2. The Morgan fingerprint density at radius 2 is 1.95 bits per heavy atom. The second kappa shape index (κ2) is 6.00. The average molecular weight is 291 g/mol. The number of aromatic carboxylic acids is 1. The monoisotopic (exact) mass is 291 g/mol. The average Bonchev–Trinajstić information content (AvgIpc) is 2.45. The van der Waals surface area contributed by atoms with E-state index in [1.165, 1.54) is 30.3 Å². The molecule has 0 bridgehead atoms. The van der Waals surface area contributed by atoms with Crippen LogP contribution in [0.4, 0.5) is 10.1 Å². The van der Waals surface area contributed by atoms with Crippen molar-refractivity contribution in [3.05, 3.63) is 69.5 Å². The molecular formula is C14H10FNO5. The first-order chi connectivity index (χ1) is 10.0. The lowest BCUT2D eigenvalue weighted by atomic mass is 10.1. The Labute approximate surface area is 118 Å². The topological polar surface area (TPSA) is 89.7 Å². The summed E-state index contributed by atoms with van der Waals surface area (Å²) in [5, 5.41) is 20.0. The molecule has 0 aliphatic rings. The van der Waals surface area contributed by atoms with Gasteiger partial charge in [-0.1, -0.05) is 24.3 Å². The number of hydrogen-bond acceptors (Lipinski definition) is 4. The minimum Gasteiger partial charge on any atom is -0.482 e. The van der Waals surface area contributed by atoms with E-state index in [-0.39, 0.29) is 17.9 Å². The number of nitro benzene ring substituents is 1. The molecule has 0 fully saturated rings. The van der Waals surface area contributed by atoms with Crippen molar-refractivity contribution in [2.45, 2.75) is 6.61 Å². The Morgan fingerprint density at radius 1 is 1.24 bits per heavy atom. The fourth-order valence-electron chi connectivity index (χ4n) is 1.77. The summed E-state index contributed by atoms with van der Waals surface area (Å²) < 4.78 is 18.7. The molecule has 0 saturated carbocycles. The molecule has 0 aromatic heterocycles. The Kier molecular flexibility index (Phi) is 4.13. The van der Waals surface area contributed by atoms with Gasteiger partial charge in [0.25, 0.3) is 0 Å². The van der Waals surface area contributed by atoms with Crippen molar-refractivity contribution in [3.63, 3.8) is 0 Å². The molecule has 2 rings (SSSR count). The van der Waals surface area contributed by atoms with Gasteiger partial charge in [0.2, 0.25) is 0 Å². The number of rotatable bonds is 5. The highest BCUT2D eigenvalue weighted by molar-refractivity contribution is 5.93. The lowest BCUT2D eigenvalue weighted by molar-refractivity contribution is -0.386. The van der Waals surface area contributed by atoms with Gasteiger partial charge in [0.05, 0.1) is 4.92 Å². The van der Waals surface area contributed by atoms with E-state index >= 15 is 0 Å². The zero-order valence-corrected chi connectivity index (χ0v) is 10.7. The largest absolute Gasteiger partial charge is 0.482 e. The van der Waals surface area contributed by atoms with Gasteiger partial charge < -0.3 is 9.84 Å². The molecule has 7 heteroatoms. The number of nitrogens with zero attached hydrogens (tertiary/aromatic N) is 1. The predicted octanol–water partition coefficient (Wildman–Crippen LogP) is 3.01. The summed E-state index contributed by atoms with van der Waals surface area (Å²) in [6, 6.07) is 9.52. The van der Waals surface area contributed by atoms with Crippen LogP contribution < -0.4 is 4.74 Å². The predicted molar refractivity (Wildman–Crippen MR) is 70.8 cm³/mol. The molecule has 0 amide bonds. The highest BCUT2D eigenvalue weighted by Crippen LogP contribution is 2.31.